The molecular formula is C21H20ClN5O5S. The van der Waals surface area contributed by atoms with Crippen molar-refractivity contribution in [2.75, 3.05) is 10.0 Å². The first-order valence-corrected chi connectivity index (χ1v) is 11.5. The van der Waals surface area contributed by atoms with E-state index in [2.05, 4.69) is 25.0 Å². The number of carbonyl (C=O) groups excluding carboxylic acids is 2. The largest absolute Gasteiger partial charge is 0.449 e. The van der Waals surface area contributed by atoms with Crippen molar-refractivity contribution in [3.8, 4) is 0 Å². The van der Waals surface area contributed by atoms with Crippen LogP contribution in [0.5, 0.6) is 0 Å². The number of nitrogens with one attached hydrogen (secondary N) is 2. The van der Waals surface area contributed by atoms with Gasteiger partial charge in [-0.2, -0.15) is 0 Å². The fraction of sp³-hybridized carbons (Fsp3) is 0.190. The molecule has 0 saturated heterocycles. The number of anilines is 2. The second-order valence-corrected chi connectivity index (χ2v) is 9.02. The third kappa shape index (κ3) is 6.24. The molecule has 0 bridgehead atoms. The molecule has 1 atom stereocenters. The predicted octanol–water partition coefficient (Wildman–Crippen LogP) is 3.13. The summed E-state index contributed by atoms with van der Waals surface area (Å²) in [6.07, 6.45) is 0.282. The lowest BCUT2D eigenvalue weighted by molar-refractivity contribution is -0.123. The summed E-state index contributed by atoms with van der Waals surface area (Å²) in [5.41, 5.74) is 1.59. The molecule has 12 heteroatoms. The molecule has 2 aromatic heterocycles. The molecule has 0 spiro atoms. The van der Waals surface area contributed by atoms with Crippen LogP contribution in [0.2, 0.25) is 5.15 Å². The molecule has 0 aliphatic heterocycles. The van der Waals surface area contributed by atoms with Gasteiger partial charge in [-0.3, -0.25) is 4.79 Å². The van der Waals surface area contributed by atoms with Gasteiger partial charge in [0.25, 0.3) is 15.9 Å². The van der Waals surface area contributed by atoms with Gasteiger partial charge >= 0.3 is 5.97 Å². The van der Waals surface area contributed by atoms with E-state index < -0.39 is 28.0 Å². The van der Waals surface area contributed by atoms with Gasteiger partial charge < -0.3 is 10.1 Å². The number of carbonyl (C=O) groups is 2. The van der Waals surface area contributed by atoms with Gasteiger partial charge in [0, 0.05) is 23.3 Å². The van der Waals surface area contributed by atoms with Gasteiger partial charge in [0.15, 0.2) is 6.10 Å². The Kier molecular flexibility index (Phi) is 7.24. The van der Waals surface area contributed by atoms with E-state index in [1.807, 2.05) is 0 Å². The molecule has 33 heavy (non-hydrogen) atoms. The van der Waals surface area contributed by atoms with Crippen molar-refractivity contribution in [2.24, 2.45) is 0 Å². The zero-order valence-electron chi connectivity index (χ0n) is 17.9. The number of sulfonamides is 1. The highest BCUT2D eigenvalue weighted by Gasteiger charge is 2.21. The molecule has 0 aliphatic rings. The lowest BCUT2D eigenvalue weighted by Crippen LogP contribution is -2.30. The zero-order chi connectivity index (χ0) is 24.2. The molecular weight excluding hydrogens is 470 g/mol. The maximum atomic E-state index is 12.6. The van der Waals surface area contributed by atoms with Crippen molar-refractivity contribution >= 4 is 45.1 Å². The lowest BCUT2D eigenvalue weighted by Gasteiger charge is -2.14. The Hall–Kier alpha value is -3.57. The number of halogens is 1. The molecule has 0 saturated carbocycles. The molecule has 0 fully saturated rings. The Balaban J connectivity index is 1.64. The molecule has 3 rings (SSSR count). The number of aryl methyl sites for hydroxylation is 2. The SMILES string of the molecule is Cc1cc(C)nc(NS(=O)(=O)c2ccc(NC(=O)C(C)OC(=O)c3cccnc3Cl)cc2)n1. The molecule has 0 aliphatic carbocycles. The standard InChI is InChI=1S/C21H20ClN5O5S/c1-12-11-13(2)25-21(24-12)27-33(30,31)16-8-6-15(7-9-16)26-19(28)14(3)32-20(29)17-5-4-10-23-18(17)22/h4-11,14H,1-3H3,(H,26,28)(H,24,25,27). The van der Waals surface area contributed by atoms with Gasteiger partial charge in [-0.05, 0) is 63.2 Å². The van der Waals surface area contributed by atoms with E-state index in [9.17, 15) is 18.0 Å². The van der Waals surface area contributed by atoms with Crippen LogP contribution in [-0.4, -0.2) is 41.4 Å². The van der Waals surface area contributed by atoms with Gasteiger partial charge in [-0.25, -0.2) is 32.9 Å². The Morgan fingerprint density at radius 2 is 1.70 bits per heavy atom. The summed E-state index contributed by atoms with van der Waals surface area (Å²) in [7, 11) is -3.93. The summed E-state index contributed by atoms with van der Waals surface area (Å²) in [6, 6.07) is 10.1. The summed E-state index contributed by atoms with van der Waals surface area (Å²) in [6.45, 7) is 4.85. The first-order chi connectivity index (χ1) is 15.5. The van der Waals surface area contributed by atoms with Crippen molar-refractivity contribution in [1.82, 2.24) is 15.0 Å². The highest BCUT2D eigenvalue weighted by Crippen LogP contribution is 2.18. The van der Waals surface area contributed by atoms with Crippen LogP contribution < -0.4 is 10.0 Å². The first-order valence-electron chi connectivity index (χ1n) is 9.62. The van der Waals surface area contributed by atoms with E-state index in [1.54, 1.807) is 19.9 Å². The van der Waals surface area contributed by atoms with Crippen molar-refractivity contribution in [3.05, 3.63) is 70.8 Å². The van der Waals surface area contributed by atoms with Crippen molar-refractivity contribution in [1.29, 1.82) is 0 Å². The maximum Gasteiger partial charge on any atom is 0.342 e. The molecule has 10 nitrogen and oxygen atoms in total. The van der Waals surface area contributed by atoms with Gasteiger partial charge in [0.05, 0.1) is 10.5 Å². The average molecular weight is 490 g/mol. The minimum absolute atomic E-state index is 0.0331. The molecule has 0 radical (unpaired) electrons. The lowest BCUT2D eigenvalue weighted by atomic mass is 10.2. The van der Waals surface area contributed by atoms with Crippen LogP contribution in [0.15, 0.2) is 53.6 Å². The van der Waals surface area contributed by atoms with E-state index in [0.29, 0.717) is 17.1 Å². The number of rotatable bonds is 7. The van der Waals surface area contributed by atoms with Crippen LogP contribution in [0.25, 0.3) is 0 Å². The van der Waals surface area contributed by atoms with Crippen molar-refractivity contribution in [3.63, 3.8) is 0 Å². The van der Waals surface area contributed by atoms with E-state index in [-0.39, 0.29) is 21.6 Å². The van der Waals surface area contributed by atoms with Crippen LogP contribution in [0.1, 0.15) is 28.7 Å². The first kappa shape index (κ1) is 24.1. The maximum absolute atomic E-state index is 12.6. The topological polar surface area (TPSA) is 140 Å². The van der Waals surface area contributed by atoms with E-state index in [1.165, 1.54) is 49.5 Å². The van der Waals surface area contributed by atoms with Crippen LogP contribution in [0.4, 0.5) is 11.6 Å². The smallest absolute Gasteiger partial charge is 0.342 e. The monoisotopic (exact) mass is 489 g/mol. The number of nitrogens with zero attached hydrogens (tertiary/aromatic N) is 3. The Bertz CT molecular complexity index is 1280. The molecule has 2 N–H and O–H groups in total. The molecule has 2 heterocycles. The quantitative estimate of drug-likeness (QED) is 0.381. The number of pyridine rings is 1. The van der Waals surface area contributed by atoms with Crippen molar-refractivity contribution < 1.29 is 22.7 Å². The van der Waals surface area contributed by atoms with Crippen LogP contribution >= 0.6 is 11.6 Å². The third-order valence-electron chi connectivity index (χ3n) is 4.27. The van der Waals surface area contributed by atoms with Crippen LogP contribution in [-0.2, 0) is 19.6 Å². The van der Waals surface area contributed by atoms with E-state index in [0.717, 1.165) is 0 Å². The number of aromatic nitrogens is 3. The molecule has 1 amide bonds. The number of benzene rings is 1. The number of hydrogen-bond acceptors (Lipinski definition) is 8. The highest BCUT2D eigenvalue weighted by molar-refractivity contribution is 7.92. The molecule has 3 aromatic rings. The average Bonchev–Trinajstić information content (AvgIpc) is 2.73. The number of amides is 1. The summed E-state index contributed by atoms with van der Waals surface area (Å²) in [5.74, 6) is -1.44. The van der Waals surface area contributed by atoms with Crippen molar-refractivity contribution in [2.45, 2.75) is 31.8 Å². The molecule has 1 aromatic carbocycles. The number of esters is 1. The second kappa shape index (κ2) is 9.92. The van der Waals surface area contributed by atoms with Gasteiger partial charge in [0.1, 0.15) is 5.15 Å². The normalized spacial score (nSPS) is 12.0. The Morgan fingerprint density at radius 1 is 1.06 bits per heavy atom. The molecule has 172 valence electrons. The predicted molar refractivity (Wildman–Crippen MR) is 122 cm³/mol. The summed E-state index contributed by atoms with van der Waals surface area (Å²) < 4.78 is 32.6. The minimum Gasteiger partial charge on any atom is -0.449 e. The van der Waals surface area contributed by atoms with Gasteiger partial charge in [-0.15, -0.1) is 0 Å². The van der Waals surface area contributed by atoms with Gasteiger partial charge in [-0.1, -0.05) is 11.6 Å². The Labute approximate surface area is 195 Å². The number of hydrogen-bond donors (Lipinski definition) is 2. The van der Waals surface area contributed by atoms with E-state index in [4.69, 9.17) is 16.3 Å². The third-order valence-corrected chi connectivity index (χ3v) is 5.92. The van der Waals surface area contributed by atoms with Crippen LogP contribution in [0.3, 0.4) is 0 Å². The van der Waals surface area contributed by atoms with Crippen LogP contribution in [0, 0.1) is 13.8 Å². The Morgan fingerprint density at radius 3 is 2.30 bits per heavy atom. The summed E-state index contributed by atoms with van der Waals surface area (Å²) in [4.78, 5) is 36.4. The van der Waals surface area contributed by atoms with Gasteiger partial charge in [0.2, 0.25) is 5.95 Å². The highest BCUT2D eigenvalue weighted by atomic mass is 35.5. The molecule has 1 unspecified atom stereocenters. The minimum atomic E-state index is -3.93. The zero-order valence-corrected chi connectivity index (χ0v) is 19.4. The summed E-state index contributed by atoms with van der Waals surface area (Å²) >= 11 is 5.86. The fourth-order valence-electron chi connectivity index (χ4n) is 2.73. The number of ether oxygens (including phenoxy) is 1. The fourth-order valence-corrected chi connectivity index (χ4v) is 3.87. The summed E-state index contributed by atoms with van der Waals surface area (Å²) in [5, 5.41) is 2.52. The van der Waals surface area contributed by atoms with E-state index >= 15 is 0 Å². The second-order valence-electron chi connectivity index (χ2n) is 6.98.